The maximum Gasteiger partial charge on any atom is 0.335 e. The smallest absolute Gasteiger partial charge is 0.335 e. The predicted octanol–water partition coefficient (Wildman–Crippen LogP) is 1.09. The van der Waals surface area contributed by atoms with E-state index >= 15 is 0 Å². The quantitative estimate of drug-likeness (QED) is 0.435. The van der Waals surface area contributed by atoms with Gasteiger partial charge >= 0.3 is 5.97 Å². The third-order valence-corrected chi connectivity index (χ3v) is 1.27. The van der Waals surface area contributed by atoms with Crippen LogP contribution in [-0.2, 0) is 9.53 Å². The third-order valence-electron chi connectivity index (χ3n) is 0.467. The highest BCUT2D eigenvalue weighted by molar-refractivity contribution is 8.02. The fourth-order valence-corrected chi connectivity index (χ4v) is 0.802. The molecule has 0 aliphatic carbocycles. The lowest BCUT2D eigenvalue weighted by Crippen LogP contribution is -2.02. The minimum Gasteiger partial charge on any atom is -0.463 e. The van der Waals surface area contributed by atoms with E-state index in [2.05, 4.69) is 13.7 Å². The summed E-state index contributed by atoms with van der Waals surface area (Å²) >= 11 is 0. The van der Waals surface area contributed by atoms with Gasteiger partial charge in [-0.15, -0.1) is 0 Å². The molecule has 0 fully saturated rings. The Morgan fingerprint density at radius 2 is 2.62 bits per heavy atom. The van der Waals surface area contributed by atoms with Crippen molar-refractivity contribution < 1.29 is 9.53 Å². The second-order valence-corrected chi connectivity index (χ2v) is 2.48. The molecule has 0 heterocycles. The molecule has 0 bridgehead atoms. The van der Waals surface area contributed by atoms with Crippen LogP contribution in [0.2, 0.25) is 0 Å². The van der Waals surface area contributed by atoms with Crippen LogP contribution in [0.1, 0.15) is 6.92 Å². The standard InChI is InChI=1S/C4H8O2P2/c1-2-6-4(5)3-8-7/h3H,2,7H2,1H3. The average molecular weight is 150 g/mol. The van der Waals surface area contributed by atoms with Crippen molar-refractivity contribution in [3.05, 3.63) is 0 Å². The Morgan fingerprint density at radius 3 is 3.00 bits per heavy atom. The second kappa shape index (κ2) is 5.21. The third kappa shape index (κ3) is 4.23. The zero-order valence-electron chi connectivity index (χ0n) is 4.63. The Bertz CT molecular complexity index is 100. The summed E-state index contributed by atoms with van der Waals surface area (Å²) < 4.78 is 4.57. The molecule has 0 aromatic carbocycles. The van der Waals surface area contributed by atoms with Crippen LogP contribution >= 0.6 is 16.8 Å². The first-order valence-corrected chi connectivity index (χ1v) is 4.79. The van der Waals surface area contributed by atoms with Gasteiger partial charge in [0, 0.05) is 0 Å². The van der Waals surface area contributed by atoms with Crippen LogP contribution in [0.5, 0.6) is 0 Å². The predicted molar refractivity (Wildman–Crippen MR) is 39.3 cm³/mol. The Morgan fingerprint density at radius 1 is 2.00 bits per heavy atom. The number of carbonyl (C=O) groups is 1. The van der Waals surface area contributed by atoms with Crippen LogP contribution in [-0.4, -0.2) is 18.4 Å². The van der Waals surface area contributed by atoms with E-state index in [0.717, 1.165) is 7.89 Å². The fourth-order valence-electron chi connectivity index (χ4n) is 0.240. The summed E-state index contributed by atoms with van der Waals surface area (Å²) in [6.07, 6.45) is 0. The van der Waals surface area contributed by atoms with Gasteiger partial charge in [0.05, 0.1) is 12.4 Å². The molecule has 0 rings (SSSR count). The van der Waals surface area contributed by atoms with Crippen LogP contribution in [0.4, 0.5) is 0 Å². The zero-order valence-corrected chi connectivity index (χ0v) is 6.67. The summed E-state index contributed by atoms with van der Waals surface area (Å²) in [6, 6.07) is 0. The first-order valence-electron chi connectivity index (χ1n) is 2.21. The molecule has 0 aromatic heterocycles. The van der Waals surface area contributed by atoms with Gasteiger partial charge in [0.25, 0.3) is 0 Å². The molecule has 0 spiro atoms. The van der Waals surface area contributed by atoms with Crippen LogP contribution in [0.15, 0.2) is 0 Å². The van der Waals surface area contributed by atoms with Crippen LogP contribution in [0.25, 0.3) is 0 Å². The van der Waals surface area contributed by atoms with E-state index in [1.807, 2.05) is 0 Å². The number of hydrogen-bond acceptors (Lipinski definition) is 2. The van der Waals surface area contributed by atoms with Gasteiger partial charge in [-0.1, -0.05) is 16.8 Å². The first-order chi connectivity index (χ1) is 3.81. The van der Waals surface area contributed by atoms with Crippen molar-refractivity contribution in [3.63, 3.8) is 0 Å². The van der Waals surface area contributed by atoms with Gasteiger partial charge in [0.2, 0.25) is 0 Å². The molecule has 0 saturated carbocycles. The summed E-state index contributed by atoms with van der Waals surface area (Å²) in [6.45, 7) is 2.24. The lowest BCUT2D eigenvalue weighted by Gasteiger charge is -1.91. The lowest BCUT2D eigenvalue weighted by molar-refractivity contribution is -0.134. The normalized spacial score (nSPS) is 9.75. The van der Waals surface area contributed by atoms with Crippen LogP contribution in [0, 0.1) is 0 Å². The molecule has 0 N–H and O–H groups in total. The number of esters is 1. The van der Waals surface area contributed by atoms with E-state index in [-0.39, 0.29) is 5.97 Å². The van der Waals surface area contributed by atoms with Crippen LogP contribution < -0.4 is 0 Å². The Kier molecular flexibility index (Phi) is 5.26. The van der Waals surface area contributed by atoms with E-state index in [9.17, 15) is 4.79 Å². The Balaban J connectivity index is 3.33. The number of carbonyl (C=O) groups excluding carboxylic acids is 1. The highest BCUT2D eigenvalue weighted by Gasteiger charge is 1.89. The van der Waals surface area contributed by atoms with Gasteiger partial charge < -0.3 is 4.74 Å². The average Bonchev–Trinajstić information content (AvgIpc) is 1.68. The summed E-state index contributed by atoms with van der Waals surface area (Å²) in [5.74, 6) is 1.21. The van der Waals surface area contributed by atoms with Crippen molar-refractivity contribution in [2.45, 2.75) is 6.92 Å². The van der Waals surface area contributed by atoms with Crippen LogP contribution in [0.3, 0.4) is 0 Å². The second-order valence-electron chi connectivity index (χ2n) is 1.03. The largest absolute Gasteiger partial charge is 0.463 e. The SMILES string of the molecule is CCOC(=O)/C=P/P. The number of hydrogen-bond donors (Lipinski definition) is 0. The van der Waals surface area contributed by atoms with Gasteiger partial charge in [0.1, 0.15) is 0 Å². The molecule has 0 aliphatic rings. The summed E-state index contributed by atoms with van der Waals surface area (Å²) in [4.78, 5) is 10.3. The molecule has 4 heteroatoms. The minimum atomic E-state index is -0.246. The highest BCUT2D eigenvalue weighted by Crippen LogP contribution is 2.03. The van der Waals surface area contributed by atoms with Gasteiger partial charge in [-0.2, -0.15) is 0 Å². The van der Waals surface area contributed by atoms with Gasteiger partial charge in [-0.3, -0.25) is 0 Å². The molecule has 0 saturated heterocycles. The van der Waals surface area contributed by atoms with Gasteiger partial charge in [-0.25, -0.2) is 4.79 Å². The van der Waals surface area contributed by atoms with Crippen molar-refractivity contribution in [1.29, 1.82) is 0 Å². The van der Waals surface area contributed by atoms with Crippen molar-refractivity contribution >= 4 is 28.6 Å². The lowest BCUT2D eigenvalue weighted by atomic mass is 10.8. The fraction of sp³-hybridized carbons (Fsp3) is 0.500. The molecule has 8 heavy (non-hydrogen) atoms. The summed E-state index contributed by atoms with van der Waals surface area (Å²) in [7, 11) is 3.26. The Labute approximate surface area is 52.5 Å². The van der Waals surface area contributed by atoms with Gasteiger partial charge in [-0.05, 0) is 6.92 Å². The van der Waals surface area contributed by atoms with Crippen molar-refractivity contribution in [3.8, 4) is 0 Å². The minimum absolute atomic E-state index is 0.246. The van der Waals surface area contributed by atoms with E-state index in [1.54, 1.807) is 6.92 Å². The van der Waals surface area contributed by atoms with Crippen molar-refractivity contribution in [1.82, 2.24) is 0 Å². The Hall–Kier alpha value is 0.0700. The molecule has 0 radical (unpaired) electrons. The van der Waals surface area contributed by atoms with E-state index in [4.69, 9.17) is 0 Å². The molecule has 1 unspecified atom stereocenters. The number of ether oxygens (including phenoxy) is 1. The molecular weight excluding hydrogens is 142 g/mol. The monoisotopic (exact) mass is 150 g/mol. The molecular formula is C4H8O2P2. The first kappa shape index (κ1) is 8.07. The molecule has 0 aliphatic heterocycles. The van der Waals surface area contributed by atoms with E-state index in [1.165, 1.54) is 5.80 Å². The van der Waals surface area contributed by atoms with Crippen molar-refractivity contribution in [2.75, 3.05) is 6.61 Å². The van der Waals surface area contributed by atoms with Crippen molar-refractivity contribution in [2.24, 2.45) is 0 Å². The highest BCUT2D eigenvalue weighted by atomic mass is 32.0. The molecule has 0 aromatic rings. The van der Waals surface area contributed by atoms with Gasteiger partial charge in [0.15, 0.2) is 0 Å². The topological polar surface area (TPSA) is 26.3 Å². The number of rotatable bonds is 2. The maximum absolute atomic E-state index is 10.3. The maximum atomic E-state index is 10.3. The molecule has 1 atom stereocenters. The molecule has 46 valence electrons. The molecule has 2 nitrogen and oxygen atoms in total. The zero-order chi connectivity index (χ0) is 6.41. The summed E-state index contributed by atoms with van der Waals surface area (Å²) in [5, 5.41) is 0. The van der Waals surface area contributed by atoms with E-state index < -0.39 is 0 Å². The summed E-state index contributed by atoms with van der Waals surface area (Å²) in [5.41, 5.74) is 0. The van der Waals surface area contributed by atoms with E-state index in [0.29, 0.717) is 6.61 Å². The molecule has 0 amide bonds.